The van der Waals surface area contributed by atoms with Gasteiger partial charge in [-0.3, -0.25) is 5.10 Å². The number of nitrogens with zero attached hydrogens (tertiary/aromatic N) is 3. The number of aromatic amines is 1. The van der Waals surface area contributed by atoms with Crippen LogP contribution in [0.2, 0.25) is 0 Å². The lowest BCUT2D eigenvalue weighted by Crippen LogP contribution is -2.24. The van der Waals surface area contributed by atoms with E-state index in [0.29, 0.717) is 5.69 Å². The standard InChI is InChI=1S/C15H20N6O/c1-10-13(11(2)20-19-10)18-15(22)17-12-6-5-7-16-14(12)21-8-3-4-9-21/h5-7H,3-4,8-9H2,1-2H3,(H,19,20)(H2,17,18,22). The van der Waals surface area contributed by atoms with Crippen LogP contribution >= 0.6 is 0 Å². The fraction of sp³-hybridized carbons (Fsp3) is 0.400. The van der Waals surface area contributed by atoms with Crippen molar-refractivity contribution in [2.24, 2.45) is 0 Å². The van der Waals surface area contributed by atoms with Crippen molar-refractivity contribution >= 4 is 23.2 Å². The van der Waals surface area contributed by atoms with E-state index < -0.39 is 0 Å². The molecular weight excluding hydrogens is 280 g/mol. The van der Waals surface area contributed by atoms with E-state index in [2.05, 4.69) is 30.7 Å². The number of rotatable bonds is 3. The Labute approximate surface area is 129 Å². The van der Waals surface area contributed by atoms with Crippen LogP contribution in [-0.4, -0.2) is 34.3 Å². The number of H-pyrrole nitrogens is 1. The van der Waals surface area contributed by atoms with Crippen molar-refractivity contribution in [3.05, 3.63) is 29.7 Å². The Kier molecular flexibility index (Phi) is 3.95. The maximum atomic E-state index is 12.2. The Morgan fingerprint density at radius 1 is 1.27 bits per heavy atom. The van der Waals surface area contributed by atoms with Gasteiger partial charge in [0.25, 0.3) is 0 Å². The summed E-state index contributed by atoms with van der Waals surface area (Å²) < 4.78 is 0. The summed E-state index contributed by atoms with van der Waals surface area (Å²) in [6, 6.07) is 3.40. The van der Waals surface area contributed by atoms with Crippen LogP contribution in [0.5, 0.6) is 0 Å². The van der Waals surface area contributed by atoms with Crippen LogP contribution < -0.4 is 15.5 Å². The van der Waals surface area contributed by atoms with Crippen molar-refractivity contribution in [1.82, 2.24) is 15.2 Å². The molecule has 7 heteroatoms. The molecule has 7 nitrogen and oxygen atoms in total. The van der Waals surface area contributed by atoms with Crippen LogP contribution in [0.4, 0.5) is 22.0 Å². The largest absolute Gasteiger partial charge is 0.355 e. The summed E-state index contributed by atoms with van der Waals surface area (Å²) in [6.45, 7) is 5.68. The second-order valence-corrected chi connectivity index (χ2v) is 5.46. The Balaban J connectivity index is 1.74. The van der Waals surface area contributed by atoms with Crippen LogP contribution in [0, 0.1) is 13.8 Å². The Morgan fingerprint density at radius 2 is 2.05 bits per heavy atom. The molecule has 22 heavy (non-hydrogen) atoms. The zero-order valence-electron chi connectivity index (χ0n) is 12.8. The first-order valence-corrected chi connectivity index (χ1v) is 7.44. The van der Waals surface area contributed by atoms with Crippen LogP contribution in [0.25, 0.3) is 0 Å². The summed E-state index contributed by atoms with van der Waals surface area (Å²) in [6.07, 6.45) is 4.08. The molecule has 2 aromatic rings. The number of aromatic nitrogens is 3. The van der Waals surface area contributed by atoms with Gasteiger partial charge in [-0.25, -0.2) is 9.78 Å². The molecule has 116 valence electrons. The predicted molar refractivity (Wildman–Crippen MR) is 86.4 cm³/mol. The molecule has 0 saturated carbocycles. The lowest BCUT2D eigenvalue weighted by molar-refractivity contribution is 0.262. The smallest absolute Gasteiger partial charge is 0.323 e. The average molecular weight is 300 g/mol. The molecule has 1 fully saturated rings. The van der Waals surface area contributed by atoms with Gasteiger partial charge in [0.1, 0.15) is 0 Å². The molecule has 0 spiro atoms. The number of hydrogen-bond acceptors (Lipinski definition) is 4. The minimum Gasteiger partial charge on any atom is -0.355 e. The normalized spacial score (nSPS) is 14.2. The molecule has 0 unspecified atom stereocenters. The van der Waals surface area contributed by atoms with Crippen molar-refractivity contribution in [2.45, 2.75) is 26.7 Å². The van der Waals surface area contributed by atoms with Crippen molar-refractivity contribution in [2.75, 3.05) is 28.6 Å². The van der Waals surface area contributed by atoms with Gasteiger partial charge in [0.15, 0.2) is 5.82 Å². The summed E-state index contributed by atoms with van der Waals surface area (Å²) in [5, 5.41) is 12.6. The Morgan fingerprint density at radius 3 is 2.73 bits per heavy atom. The minimum absolute atomic E-state index is 0.291. The number of aryl methyl sites for hydroxylation is 2. The third-order valence-corrected chi connectivity index (χ3v) is 3.81. The van der Waals surface area contributed by atoms with E-state index in [1.54, 1.807) is 6.20 Å². The number of carbonyl (C=O) groups is 1. The highest BCUT2D eigenvalue weighted by Gasteiger charge is 2.18. The highest BCUT2D eigenvalue weighted by Crippen LogP contribution is 2.26. The quantitative estimate of drug-likeness (QED) is 0.813. The average Bonchev–Trinajstić information content (AvgIpc) is 3.13. The zero-order chi connectivity index (χ0) is 15.5. The monoisotopic (exact) mass is 300 g/mol. The number of amides is 2. The maximum Gasteiger partial charge on any atom is 0.323 e. The van der Waals surface area contributed by atoms with Crippen LogP contribution in [0.15, 0.2) is 18.3 Å². The number of pyridine rings is 1. The van der Waals surface area contributed by atoms with Crippen LogP contribution in [-0.2, 0) is 0 Å². The molecule has 0 radical (unpaired) electrons. The van der Waals surface area contributed by atoms with E-state index >= 15 is 0 Å². The van der Waals surface area contributed by atoms with Crippen molar-refractivity contribution in [3.63, 3.8) is 0 Å². The molecule has 3 N–H and O–H groups in total. The second-order valence-electron chi connectivity index (χ2n) is 5.46. The summed E-state index contributed by atoms with van der Waals surface area (Å²) in [4.78, 5) is 18.9. The van der Waals surface area contributed by atoms with Gasteiger partial charge in [-0.15, -0.1) is 0 Å². The van der Waals surface area contributed by atoms with Gasteiger partial charge in [0, 0.05) is 19.3 Å². The van der Waals surface area contributed by atoms with Crippen LogP contribution in [0.1, 0.15) is 24.2 Å². The SMILES string of the molecule is Cc1n[nH]c(C)c1NC(=O)Nc1cccnc1N1CCCC1. The molecule has 0 aromatic carbocycles. The van der Waals surface area contributed by atoms with Crippen molar-refractivity contribution < 1.29 is 4.79 Å². The molecule has 2 amide bonds. The first-order chi connectivity index (χ1) is 10.6. The maximum absolute atomic E-state index is 12.2. The van der Waals surface area contributed by atoms with Gasteiger partial charge in [-0.2, -0.15) is 5.10 Å². The van der Waals surface area contributed by atoms with Crippen molar-refractivity contribution in [1.29, 1.82) is 0 Å². The van der Waals surface area contributed by atoms with Gasteiger partial charge >= 0.3 is 6.03 Å². The van der Waals surface area contributed by atoms with E-state index in [-0.39, 0.29) is 6.03 Å². The van der Waals surface area contributed by atoms with E-state index in [4.69, 9.17) is 0 Å². The third kappa shape index (κ3) is 2.88. The summed E-state index contributed by atoms with van der Waals surface area (Å²) in [5.74, 6) is 0.829. The van der Waals surface area contributed by atoms with E-state index in [1.165, 1.54) is 0 Å². The number of hydrogen-bond donors (Lipinski definition) is 3. The minimum atomic E-state index is -0.291. The van der Waals surface area contributed by atoms with Gasteiger partial charge in [-0.1, -0.05) is 0 Å². The zero-order valence-corrected chi connectivity index (χ0v) is 12.8. The van der Waals surface area contributed by atoms with Gasteiger partial charge in [-0.05, 0) is 38.8 Å². The molecule has 1 saturated heterocycles. The number of urea groups is 1. The fourth-order valence-electron chi connectivity index (χ4n) is 2.68. The van der Waals surface area contributed by atoms with E-state index in [0.717, 1.165) is 48.8 Å². The summed E-state index contributed by atoms with van der Waals surface area (Å²) >= 11 is 0. The highest BCUT2D eigenvalue weighted by molar-refractivity contribution is 6.02. The lowest BCUT2D eigenvalue weighted by atomic mass is 10.3. The first-order valence-electron chi connectivity index (χ1n) is 7.44. The third-order valence-electron chi connectivity index (χ3n) is 3.81. The molecule has 3 rings (SSSR count). The lowest BCUT2D eigenvalue weighted by Gasteiger charge is -2.20. The van der Waals surface area contributed by atoms with Crippen LogP contribution in [0.3, 0.4) is 0 Å². The van der Waals surface area contributed by atoms with E-state index in [1.807, 2.05) is 26.0 Å². The predicted octanol–water partition coefficient (Wildman–Crippen LogP) is 2.67. The van der Waals surface area contributed by atoms with Crippen molar-refractivity contribution in [3.8, 4) is 0 Å². The summed E-state index contributed by atoms with van der Waals surface area (Å²) in [7, 11) is 0. The second kappa shape index (κ2) is 6.05. The van der Waals surface area contributed by atoms with Gasteiger partial charge in [0.05, 0.1) is 22.8 Å². The number of carbonyl (C=O) groups excluding carboxylic acids is 1. The number of nitrogens with one attached hydrogen (secondary N) is 3. The molecule has 0 bridgehead atoms. The fourth-order valence-corrected chi connectivity index (χ4v) is 2.68. The highest BCUT2D eigenvalue weighted by atomic mass is 16.2. The Hall–Kier alpha value is -2.57. The molecule has 3 heterocycles. The molecule has 1 aliphatic rings. The first kappa shape index (κ1) is 14.4. The topological polar surface area (TPSA) is 85.9 Å². The molecule has 0 atom stereocenters. The molecule has 0 aliphatic carbocycles. The molecule has 1 aliphatic heterocycles. The molecular formula is C15H20N6O. The van der Waals surface area contributed by atoms with Gasteiger partial charge in [0.2, 0.25) is 0 Å². The van der Waals surface area contributed by atoms with E-state index in [9.17, 15) is 4.79 Å². The van der Waals surface area contributed by atoms with Gasteiger partial charge < -0.3 is 15.5 Å². The Bertz CT molecular complexity index is 655. The molecule has 2 aromatic heterocycles. The summed E-state index contributed by atoms with van der Waals surface area (Å²) in [5.41, 5.74) is 3.03. The number of anilines is 3.